The molecule has 5 nitrogen and oxygen atoms in total. The van der Waals surface area contributed by atoms with Gasteiger partial charge in [-0.05, 0) is 43.7 Å². The van der Waals surface area contributed by atoms with Crippen molar-refractivity contribution in [1.29, 1.82) is 0 Å². The van der Waals surface area contributed by atoms with Crippen LogP contribution in [-0.2, 0) is 14.3 Å². The third-order valence-electron chi connectivity index (χ3n) is 4.59. The number of carbonyl (C=O) groups is 1. The molecule has 0 saturated carbocycles. The number of benzene rings is 2. The second kappa shape index (κ2) is 9.78. The van der Waals surface area contributed by atoms with E-state index >= 15 is 0 Å². The Balaban J connectivity index is 0.00000280. The van der Waals surface area contributed by atoms with E-state index in [1.807, 2.05) is 32.0 Å². The molecule has 0 saturated heterocycles. The van der Waals surface area contributed by atoms with Gasteiger partial charge in [0.25, 0.3) is 0 Å². The first-order valence-electron chi connectivity index (χ1n) is 8.91. The number of amides is 1. The van der Waals surface area contributed by atoms with Gasteiger partial charge < -0.3 is 14.4 Å². The van der Waals surface area contributed by atoms with Gasteiger partial charge in [0.05, 0.1) is 17.5 Å². The minimum atomic E-state index is -0.367. The molecule has 1 aliphatic rings. The smallest absolute Gasteiger partial charge is 0.248 e. The minimum Gasteiger partial charge on any atom is -0.359 e. The zero-order valence-electron chi connectivity index (χ0n) is 16.1. The lowest BCUT2D eigenvalue weighted by Crippen LogP contribution is -2.32. The third kappa shape index (κ3) is 4.41. The summed E-state index contributed by atoms with van der Waals surface area (Å²) in [6, 6.07) is 12.2. The van der Waals surface area contributed by atoms with Gasteiger partial charge in [-0.2, -0.15) is 0 Å². The molecule has 1 amide bonds. The maximum Gasteiger partial charge on any atom is 0.248 e. The molecule has 0 spiro atoms. The molecule has 2 aromatic carbocycles. The molecule has 150 valence electrons. The number of methoxy groups -OCH3 is 1. The quantitative estimate of drug-likeness (QED) is 0.677. The molecule has 0 bridgehead atoms. The van der Waals surface area contributed by atoms with E-state index in [-0.39, 0.29) is 43.6 Å². The average molecular weight is 407 g/mol. The molecule has 1 unspecified atom stereocenters. The van der Waals surface area contributed by atoms with E-state index in [2.05, 4.69) is 4.99 Å². The molecule has 0 radical (unpaired) electrons. The van der Waals surface area contributed by atoms with Crippen molar-refractivity contribution >= 4 is 29.7 Å². The van der Waals surface area contributed by atoms with Crippen LogP contribution in [-0.4, -0.2) is 38.6 Å². The summed E-state index contributed by atoms with van der Waals surface area (Å²) >= 11 is 0. The Morgan fingerprint density at radius 1 is 1.21 bits per heavy atom. The monoisotopic (exact) mass is 406 g/mol. The van der Waals surface area contributed by atoms with Crippen LogP contribution in [0.15, 0.2) is 47.5 Å². The van der Waals surface area contributed by atoms with Crippen molar-refractivity contribution < 1.29 is 18.7 Å². The molecule has 1 aliphatic heterocycles. The highest BCUT2D eigenvalue weighted by molar-refractivity contribution is 6.19. The zero-order valence-corrected chi connectivity index (χ0v) is 17.0. The number of anilines is 1. The Morgan fingerprint density at radius 3 is 2.64 bits per heavy atom. The summed E-state index contributed by atoms with van der Waals surface area (Å²) in [5.74, 6) is -0.477. The van der Waals surface area contributed by atoms with E-state index in [0.29, 0.717) is 17.8 Å². The summed E-state index contributed by atoms with van der Waals surface area (Å²) in [7, 11) is 1.57. The average Bonchev–Trinajstić information content (AvgIpc) is 2.82. The molecular weight excluding hydrogens is 383 g/mol. The molecule has 28 heavy (non-hydrogen) atoms. The van der Waals surface area contributed by atoms with E-state index in [1.165, 1.54) is 6.07 Å². The Hall–Kier alpha value is -2.28. The number of aliphatic imine (C=N–C) groups is 1. The minimum absolute atomic E-state index is 0. The van der Waals surface area contributed by atoms with E-state index in [0.717, 1.165) is 16.8 Å². The highest BCUT2D eigenvalue weighted by Crippen LogP contribution is 2.31. The van der Waals surface area contributed by atoms with Crippen molar-refractivity contribution in [3.05, 3.63) is 65.0 Å². The van der Waals surface area contributed by atoms with Crippen LogP contribution < -0.4 is 4.90 Å². The number of nitrogens with zero attached hydrogens (tertiary/aromatic N) is 2. The zero-order chi connectivity index (χ0) is 19.4. The van der Waals surface area contributed by atoms with Gasteiger partial charge in [0, 0.05) is 24.8 Å². The number of halogens is 2. The fourth-order valence-electron chi connectivity index (χ4n) is 3.18. The maximum absolute atomic E-state index is 14.5. The third-order valence-corrected chi connectivity index (χ3v) is 4.59. The summed E-state index contributed by atoms with van der Waals surface area (Å²) in [5, 5.41) is 0. The summed E-state index contributed by atoms with van der Waals surface area (Å²) < 4.78 is 25.1. The molecule has 3 rings (SSSR count). The first-order chi connectivity index (χ1) is 13.1. The SMILES string of the molecule is CCN1C(=O)CN=C(c2ccccc2F)c2cc(C(C)OCOC)ccc21.Cl. The molecular formula is C21H24ClFN2O3. The Bertz CT molecular complexity index is 872. The van der Waals surface area contributed by atoms with Crippen molar-refractivity contribution in [2.24, 2.45) is 4.99 Å². The number of fused-ring (bicyclic) bond motifs is 1. The number of likely N-dealkylation sites (N-methyl/N-ethyl adjacent to an activating group) is 1. The van der Waals surface area contributed by atoms with Crippen molar-refractivity contribution in [3.8, 4) is 0 Å². The predicted octanol–water partition coefficient (Wildman–Crippen LogP) is 4.13. The highest BCUT2D eigenvalue weighted by Gasteiger charge is 2.26. The van der Waals surface area contributed by atoms with Gasteiger partial charge in [0.1, 0.15) is 19.2 Å². The fourth-order valence-corrected chi connectivity index (χ4v) is 3.18. The summed E-state index contributed by atoms with van der Waals surface area (Å²) in [6.45, 7) is 4.50. The lowest BCUT2D eigenvalue weighted by molar-refractivity contribution is -0.117. The van der Waals surface area contributed by atoms with Crippen LogP contribution >= 0.6 is 12.4 Å². The van der Waals surface area contributed by atoms with Crippen molar-refractivity contribution in [1.82, 2.24) is 0 Å². The Morgan fingerprint density at radius 2 is 1.96 bits per heavy atom. The lowest BCUT2D eigenvalue weighted by atomic mass is 9.96. The van der Waals surface area contributed by atoms with Crippen LogP contribution in [0, 0.1) is 5.82 Å². The van der Waals surface area contributed by atoms with E-state index in [4.69, 9.17) is 9.47 Å². The van der Waals surface area contributed by atoms with Gasteiger partial charge in [-0.3, -0.25) is 9.79 Å². The molecule has 1 atom stereocenters. The number of ether oxygens (including phenoxy) is 2. The Labute approximate surface area is 170 Å². The number of benzodiazepines with no additional fused rings is 1. The van der Waals surface area contributed by atoms with E-state index in [9.17, 15) is 9.18 Å². The number of hydrogen-bond acceptors (Lipinski definition) is 4. The molecule has 0 aromatic heterocycles. The van der Waals surface area contributed by atoms with E-state index in [1.54, 1.807) is 30.2 Å². The second-order valence-electron chi connectivity index (χ2n) is 6.27. The molecule has 0 aliphatic carbocycles. The first-order valence-corrected chi connectivity index (χ1v) is 8.91. The molecule has 0 fully saturated rings. The van der Waals surface area contributed by atoms with Crippen LogP contribution in [0.1, 0.15) is 36.6 Å². The predicted molar refractivity (Wildman–Crippen MR) is 110 cm³/mol. The number of carbonyl (C=O) groups excluding carboxylic acids is 1. The van der Waals surface area contributed by atoms with Crippen molar-refractivity contribution in [2.75, 3.05) is 31.9 Å². The van der Waals surface area contributed by atoms with Gasteiger partial charge in [-0.15, -0.1) is 12.4 Å². The maximum atomic E-state index is 14.5. The number of rotatable bonds is 6. The molecule has 7 heteroatoms. The standard InChI is InChI=1S/C21H23FN2O3.ClH/c1-4-24-19-10-9-15(14(2)27-13-26-3)11-17(19)21(23-12-20(24)25)16-7-5-6-8-18(16)22;/h5-11,14H,4,12-13H2,1-3H3;1H. The van der Waals surface area contributed by atoms with Gasteiger partial charge in [-0.1, -0.05) is 18.2 Å². The molecule has 1 heterocycles. The van der Waals surface area contributed by atoms with Crippen LogP contribution in [0.2, 0.25) is 0 Å². The van der Waals surface area contributed by atoms with Gasteiger partial charge in [0.2, 0.25) is 5.91 Å². The highest BCUT2D eigenvalue weighted by atomic mass is 35.5. The largest absolute Gasteiger partial charge is 0.359 e. The van der Waals surface area contributed by atoms with Crippen molar-refractivity contribution in [3.63, 3.8) is 0 Å². The Kier molecular flexibility index (Phi) is 7.69. The van der Waals surface area contributed by atoms with Crippen molar-refractivity contribution in [2.45, 2.75) is 20.0 Å². The van der Waals surface area contributed by atoms with Gasteiger partial charge in [0.15, 0.2) is 0 Å². The van der Waals surface area contributed by atoms with Crippen LogP contribution in [0.4, 0.5) is 10.1 Å². The topological polar surface area (TPSA) is 51.1 Å². The second-order valence-corrected chi connectivity index (χ2v) is 6.27. The van der Waals surface area contributed by atoms with Crippen LogP contribution in [0.3, 0.4) is 0 Å². The van der Waals surface area contributed by atoms with Gasteiger partial charge >= 0.3 is 0 Å². The molecule has 0 N–H and O–H groups in total. The van der Waals surface area contributed by atoms with E-state index < -0.39 is 0 Å². The number of hydrogen-bond donors (Lipinski definition) is 0. The summed E-state index contributed by atoms with van der Waals surface area (Å²) in [6.07, 6.45) is -0.217. The van der Waals surface area contributed by atoms with Gasteiger partial charge in [-0.25, -0.2) is 4.39 Å². The molecule has 2 aromatic rings. The lowest BCUT2D eigenvalue weighted by Gasteiger charge is -2.23. The first kappa shape index (κ1) is 22.0. The summed E-state index contributed by atoms with van der Waals surface area (Å²) in [5.41, 5.74) is 3.21. The van der Waals surface area contributed by atoms with Crippen LogP contribution in [0.5, 0.6) is 0 Å². The summed E-state index contributed by atoms with van der Waals surface area (Å²) in [4.78, 5) is 18.6. The van der Waals surface area contributed by atoms with Crippen LogP contribution in [0.25, 0.3) is 0 Å². The fraction of sp³-hybridized carbons (Fsp3) is 0.333. The normalized spacial score (nSPS) is 14.6.